The zero-order valence-corrected chi connectivity index (χ0v) is 16.0. The van der Waals surface area contributed by atoms with Gasteiger partial charge in [0.05, 0.1) is 35.2 Å². The molecule has 2 aromatic carbocycles. The number of nitrogens with zero attached hydrogens (tertiary/aromatic N) is 4. The van der Waals surface area contributed by atoms with Gasteiger partial charge in [-0.3, -0.25) is 9.98 Å². The number of nitrogens with one attached hydrogen (secondary N) is 4. The van der Waals surface area contributed by atoms with E-state index in [4.69, 9.17) is 0 Å². The molecule has 0 unspecified atom stereocenters. The normalized spacial score (nSPS) is 16.2. The van der Waals surface area contributed by atoms with E-state index in [9.17, 15) is 0 Å². The van der Waals surface area contributed by atoms with Gasteiger partial charge in [-0.2, -0.15) is 0 Å². The monoisotopic (exact) mass is 402 g/mol. The molecule has 0 bridgehead atoms. The number of benzene rings is 2. The largest absolute Gasteiger partial charge is 0.368 e. The summed E-state index contributed by atoms with van der Waals surface area (Å²) in [5.74, 6) is 2.16. The topological polar surface area (TPSA) is 106 Å². The number of H-pyrrole nitrogens is 2. The Kier molecular flexibility index (Phi) is 3.80. The molecular formula is C21H19FN8. The molecule has 6 rings (SSSR count). The van der Waals surface area contributed by atoms with Gasteiger partial charge < -0.3 is 20.6 Å². The van der Waals surface area contributed by atoms with Crippen LogP contribution in [0.3, 0.4) is 0 Å². The zero-order valence-electron chi connectivity index (χ0n) is 16.0. The van der Waals surface area contributed by atoms with Crippen LogP contribution in [-0.2, 0) is 0 Å². The SMILES string of the molecule is FC(c1nc2cc(C3=NCCN3)ccc2[nH]1)c1nc2cc(C3=NCCN3)ccc2[nH]1. The highest BCUT2D eigenvalue weighted by molar-refractivity contribution is 6.02. The van der Waals surface area contributed by atoms with Crippen molar-refractivity contribution in [2.24, 2.45) is 9.98 Å². The first-order chi connectivity index (χ1) is 14.7. The average molecular weight is 402 g/mol. The third kappa shape index (κ3) is 2.81. The minimum atomic E-state index is -1.49. The second kappa shape index (κ2) is 6.65. The minimum absolute atomic E-state index is 0.226. The Bertz CT molecular complexity index is 1230. The van der Waals surface area contributed by atoms with E-state index in [-0.39, 0.29) is 11.6 Å². The highest BCUT2D eigenvalue weighted by atomic mass is 19.1. The van der Waals surface area contributed by atoms with Crippen molar-refractivity contribution in [2.45, 2.75) is 6.17 Å². The van der Waals surface area contributed by atoms with Crippen LogP contribution in [0.15, 0.2) is 46.4 Å². The molecule has 2 aromatic heterocycles. The molecule has 9 heteroatoms. The van der Waals surface area contributed by atoms with Crippen molar-refractivity contribution in [3.63, 3.8) is 0 Å². The number of hydrogen-bond donors (Lipinski definition) is 4. The smallest absolute Gasteiger partial charge is 0.214 e. The summed E-state index contributed by atoms with van der Waals surface area (Å²) >= 11 is 0. The Labute approximate surface area is 170 Å². The maximum absolute atomic E-state index is 15.3. The maximum Gasteiger partial charge on any atom is 0.214 e. The second-order valence-electron chi connectivity index (χ2n) is 7.38. The van der Waals surface area contributed by atoms with E-state index < -0.39 is 6.17 Å². The van der Waals surface area contributed by atoms with Gasteiger partial charge in [-0.1, -0.05) is 0 Å². The molecule has 2 aliphatic heterocycles. The number of rotatable bonds is 4. The van der Waals surface area contributed by atoms with Gasteiger partial charge in [0.2, 0.25) is 6.17 Å². The molecule has 0 radical (unpaired) electrons. The van der Waals surface area contributed by atoms with E-state index >= 15 is 4.39 Å². The molecule has 0 saturated heterocycles. The highest BCUT2D eigenvalue weighted by Crippen LogP contribution is 2.27. The second-order valence-corrected chi connectivity index (χ2v) is 7.38. The van der Waals surface area contributed by atoms with Crippen molar-refractivity contribution in [2.75, 3.05) is 26.2 Å². The molecule has 0 aliphatic carbocycles. The Balaban J connectivity index is 1.33. The molecule has 0 amide bonds. The molecule has 150 valence electrons. The van der Waals surface area contributed by atoms with Gasteiger partial charge in [0.15, 0.2) is 0 Å². The van der Waals surface area contributed by atoms with Gasteiger partial charge in [-0.25, -0.2) is 14.4 Å². The van der Waals surface area contributed by atoms with Crippen LogP contribution >= 0.6 is 0 Å². The third-order valence-electron chi connectivity index (χ3n) is 5.38. The van der Waals surface area contributed by atoms with E-state index in [2.05, 4.69) is 40.6 Å². The Morgan fingerprint density at radius 3 is 1.67 bits per heavy atom. The van der Waals surface area contributed by atoms with Crippen LogP contribution < -0.4 is 10.6 Å². The minimum Gasteiger partial charge on any atom is -0.368 e. The number of hydrogen-bond acceptors (Lipinski definition) is 6. The Hall–Kier alpha value is -3.75. The van der Waals surface area contributed by atoms with Gasteiger partial charge in [-0.05, 0) is 36.4 Å². The van der Waals surface area contributed by atoms with Crippen LogP contribution in [0.5, 0.6) is 0 Å². The molecule has 0 saturated carbocycles. The predicted octanol–water partition coefficient (Wildman–Crippen LogP) is 2.20. The molecule has 8 nitrogen and oxygen atoms in total. The van der Waals surface area contributed by atoms with Crippen LogP contribution in [0.25, 0.3) is 22.1 Å². The summed E-state index contributed by atoms with van der Waals surface area (Å²) in [4.78, 5) is 23.9. The lowest BCUT2D eigenvalue weighted by Gasteiger charge is -2.01. The molecule has 4 aromatic rings. The number of fused-ring (bicyclic) bond motifs is 2. The van der Waals surface area contributed by atoms with Gasteiger partial charge in [0.25, 0.3) is 0 Å². The summed E-state index contributed by atoms with van der Waals surface area (Å²) < 4.78 is 15.3. The molecule has 0 fully saturated rings. The first kappa shape index (κ1) is 17.1. The molecular weight excluding hydrogens is 383 g/mol. The van der Waals surface area contributed by atoms with Gasteiger partial charge >= 0.3 is 0 Å². The van der Waals surface area contributed by atoms with E-state index in [1.54, 1.807) is 0 Å². The van der Waals surface area contributed by atoms with Gasteiger partial charge in [0.1, 0.15) is 23.3 Å². The number of aromatic amines is 2. The zero-order chi connectivity index (χ0) is 20.1. The van der Waals surface area contributed by atoms with E-state index in [1.807, 2.05) is 36.4 Å². The number of amidine groups is 2. The standard InChI is InChI=1S/C21H19FN8/c22-17(20-27-13-3-1-11(9-15(13)29-20)18-23-5-6-24-18)21-28-14-4-2-12(10-16(14)30-21)19-25-7-8-26-19/h1-4,9-10,17H,5-8H2,(H,23,24)(H,25,26)(H,27,29)(H,28,30). The van der Waals surface area contributed by atoms with Crippen molar-refractivity contribution in [1.82, 2.24) is 30.6 Å². The summed E-state index contributed by atoms with van der Waals surface area (Å²) in [6, 6.07) is 11.5. The van der Waals surface area contributed by atoms with Crippen molar-refractivity contribution >= 4 is 33.7 Å². The number of aromatic nitrogens is 4. The number of imidazole rings is 2. The van der Waals surface area contributed by atoms with Crippen LogP contribution in [-0.4, -0.2) is 57.8 Å². The van der Waals surface area contributed by atoms with Gasteiger partial charge in [0, 0.05) is 24.2 Å². The van der Waals surface area contributed by atoms with Gasteiger partial charge in [-0.15, -0.1) is 0 Å². The van der Waals surface area contributed by atoms with Crippen molar-refractivity contribution in [3.8, 4) is 0 Å². The summed E-state index contributed by atoms with van der Waals surface area (Å²) in [6.07, 6.45) is -1.49. The fraction of sp³-hybridized carbons (Fsp3) is 0.238. The summed E-state index contributed by atoms with van der Waals surface area (Å²) in [5.41, 5.74) is 4.86. The molecule has 0 atom stereocenters. The van der Waals surface area contributed by atoms with Crippen LogP contribution in [0.2, 0.25) is 0 Å². The van der Waals surface area contributed by atoms with E-state index in [0.29, 0.717) is 11.0 Å². The third-order valence-corrected chi connectivity index (χ3v) is 5.38. The Morgan fingerprint density at radius 2 is 1.23 bits per heavy atom. The van der Waals surface area contributed by atoms with Crippen LogP contribution in [0, 0.1) is 0 Å². The number of aliphatic imine (C=N–C) groups is 2. The number of alkyl halides is 1. The average Bonchev–Trinajstić information content (AvgIpc) is 3.56. The fourth-order valence-corrected chi connectivity index (χ4v) is 3.90. The van der Waals surface area contributed by atoms with Crippen molar-refractivity contribution in [1.29, 1.82) is 0 Å². The first-order valence-corrected chi connectivity index (χ1v) is 9.95. The summed E-state index contributed by atoms with van der Waals surface area (Å²) in [6.45, 7) is 3.21. The summed E-state index contributed by atoms with van der Waals surface area (Å²) in [5, 5.41) is 6.49. The highest BCUT2D eigenvalue weighted by Gasteiger charge is 2.22. The molecule has 30 heavy (non-hydrogen) atoms. The van der Waals surface area contributed by atoms with E-state index in [1.165, 1.54) is 0 Å². The molecule has 0 spiro atoms. The fourth-order valence-electron chi connectivity index (χ4n) is 3.90. The molecule has 4 heterocycles. The summed E-state index contributed by atoms with van der Waals surface area (Å²) in [7, 11) is 0. The lowest BCUT2D eigenvalue weighted by molar-refractivity contribution is 0.372. The number of halogens is 1. The molecule has 2 aliphatic rings. The maximum atomic E-state index is 15.3. The lowest BCUT2D eigenvalue weighted by atomic mass is 10.2. The first-order valence-electron chi connectivity index (χ1n) is 9.95. The van der Waals surface area contributed by atoms with Crippen molar-refractivity contribution in [3.05, 3.63) is 59.2 Å². The molecule has 4 N–H and O–H groups in total. The predicted molar refractivity (Wildman–Crippen MR) is 114 cm³/mol. The van der Waals surface area contributed by atoms with E-state index in [0.717, 1.165) is 60.0 Å². The van der Waals surface area contributed by atoms with Crippen LogP contribution in [0.1, 0.15) is 28.9 Å². The quantitative estimate of drug-likeness (QED) is 0.420. The van der Waals surface area contributed by atoms with Crippen molar-refractivity contribution < 1.29 is 4.39 Å². The lowest BCUT2D eigenvalue weighted by Crippen LogP contribution is -2.19. The van der Waals surface area contributed by atoms with Crippen LogP contribution in [0.4, 0.5) is 4.39 Å². The Morgan fingerprint density at radius 1 is 0.733 bits per heavy atom.